The molecule has 0 amide bonds. The Hall–Kier alpha value is 0.250. The third kappa shape index (κ3) is 1.64. The minimum Gasteiger partial charge on any atom is -0.0847 e. The predicted octanol–water partition coefficient (Wildman–Crippen LogP) is 3.18. The molecular weight excluding hydrogens is 187 g/mol. The van der Waals surface area contributed by atoms with Gasteiger partial charge in [-0.05, 0) is 23.4 Å². The molecule has 0 N–H and O–H groups in total. The number of hydrogen-bond acceptors (Lipinski definition) is 0. The highest BCUT2D eigenvalue weighted by atomic mass is 79.9. The zero-order valence-electron chi connectivity index (χ0n) is 4.32. The molecule has 0 saturated heterocycles. The van der Waals surface area contributed by atoms with Gasteiger partial charge in [0.05, 0.1) is 0 Å². The smallest absolute Gasteiger partial charge is 0.0374 e. The summed E-state index contributed by atoms with van der Waals surface area (Å²) in [5.74, 6) is 0. The maximum atomic E-state index is 5.67. The Kier molecular flexibility index (Phi) is 2.15. The summed E-state index contributed by atoms with van der Waals surface area (Å²) in [6.07, 6.45) is 6.11. The maximum absolute atomic E-state index is 5.67. The molecule has 0 aromatic carbocycles. The maximum Gasteiger partial charge on any atom is 0.0374 e. The molecule has 1 aliphatic rings. The molecule has 0 nitrogen and oxygen atoms in total. The van der Waals surface area contributed by atoms with Gasteiger partial charge in [0.2, 0.25) is 0 Å². The van der Waals surface area contributed by atoms with Gasteiger partial charge in [-0.15, -0.1) is 0 Å². The molecule has 0 aromatic rings. The van der Waals surface area contributed by atoms with Crippen LogP contribution in [0.4, 0.5) is 0 Å². The minimum atomic E-state index is 0.850. The van der Waals surface area contributed by atoms with Crippen LogP contribution in [0.1, 0.15) is 12.8 Å². The van der Waals surface area contributed by atoms with E-state index in [0.29, 0.717) is 0 Å². The van der Waals surface area contributed by atoms with E-state index in [2.05, 4.69) is 15.9 Å². The fraction of sp³-hybridized carbons (Fsp3) is 0.333. The summed E-state index contributed by atoms with van der Waals surface area (Å²) in [5, 5.41) is 0.850. The normalized spacial score (nSPS) is 19.8. The van der Waals surface area contributed by atoms with Gasteiger partial charge in [-0.1, -0.05) is 33.6 Å². The van der Waals surface area contributed by atoms with E-state index in [0.717, 1.165) is 17.9 Å². The Labute approximate surface area is 62.3 Å². The Morgan fingerprint density at radius 2 is 2.38 bits per heavy atom. The SMILES string of the molecule is ClC1=CCCC(Br)=C1. The number of halogens is 2. The number of rotatable bonds is 0. The van der Waals surface area contributed by atoms with Crippen molar-refractivity contribution in [2.45, 2.75) is 12.8 Å². The fourth-order valence-electron chi connectivity index (χ4n) is 0.629. The van der Waals surface area contributed by atoms with Gasteiger partial charge in [0.1, 0.15) is 0 Å². The summed E-state index contributed by atoms with van der Waals surface area (Å²) in [4.78, 5) is 0. The molecule has 1 aliphatic carbocycles. The molecule has 0 bridgehead atoms. The second-order valence-corrected chi connectivity index (χ2v) is 3.17. The van der Waals surface area contributed by atoms with Crippen molar-refractivity contribution in [3.8, 4) is 0 Å². The van der Waals surface area contributed by atoms with Crippen molar-refractivity contribution in [3.63, 3.8) is 0 Å². The lowest BCUT2D eigenvalue weighted by Crippen LogP contribution is -1.79. The monoisotopic (exact) mass is 192 g/mol. The summed E-state index contributed by atoms with van der Waals surface area (Å²) in [6.45, 7) is 0. The molecule has 0 aliphatic heterocycles. The van der Waals surface area contributed by atoms with E-state index in [9.17, 15) is 0 Å². The van der Waals surface area contributed by atoms with Gasteiger partial charge >= 0.3 is 0 Å². The van der Waals surface area contributed by atoms with Crippen molar-refractivity contribution in [2.75, 3.05) is 0 Å². The Morgan fingerprint density at radius 1 is 1.62 bits per heavy atom. The summed E-state index contributed by atoms with van der Waals surface area (Å²) in [6, 6.07) is 0. The zero-order chi connectivity index (χ0) is 5.98. The lowest BCUT2D eigenvalue weighted by Gasteiger charge is -2.01. The van der Waals surface area contributed by atoms with E-state index in [1.807, 2.05) is 12.2 Å². The quantitative estimate of drug-likeness (QED) is 0.554. The van der Waals surface area contributed by atoms with Gasteiger partial charge < -0.3 is 0 Å². The first-order valence-corrected chi connectivity index (χ1v) is 3.68. The molecule has 1 rings (SSSR count). The largest absolute Gasteiger partial charge is 0.0847 e. The van der Waals surface area contributed by atoms with E-state index in [-0.39, 0.29) is 0 Å². The van der Waals surface area contributed by atoms with Crippen LogP contribution in [0.2, 0.25) is 0 Å². The summed E-state index contributed by atoms with van der Waals surface area (Å²) in [5.41, 5.74) is 0. The fourth-order valence-corrected chi connectivity index (χ4v) is 1.48. The second kappa shape index (κ2) is 2.70. The van der Waals surface area contributed by atoms with Crippen molar-refractivity contribution < 1.29 is 0 Å². The average molecular weight is 193 g/mol. The van der Waals surface area contributed by atoms with Gasteiger partial charge in [0, 0.05) is 5.03 Å². The molecule has 8 heavy (non-hydrogen) atoms. The molecule has 0 saturated carbocycles. The van der Waals surface area contributed by atoms with Gasteiger partial charge in [-0.25, -0.2) is 0 Å². The number of hydrogen-bond donors (Lipinski definition) is 0. The third-order valence-corrected chi connectivity index (χ3v) is 1.91. The van der Waals surface area contributed by atoms with Crippen LogP contribution >= 0.6 is 27.5 Å². The topological polar surface area (TPSA) is 0 Å². The summed E-state index contributed by atoms with van der Waals surface area (Å²) >= 11 is 9.03. The lowest BCUT2D eigenvalue weighted by molar-refractivity contribution is 1.02. The van der Waals surface area contributed by atoms with Crippen LogP contribution in [-0.4, -0.2) is 0 Å². The van der Waals surface area contributed by atoms with E-state index in [1.165, 1.54) is 4.48 Å². The van der Waals surface area contributed by atoms with Crippen LogP contribution in [0.15, 0.2) is 21.7 Å². The van der Waals surface area contributed by atoms with Crippen LogP contribution in [0.5, 0.6) is 0 Å². The van der Waals surface area contributed by atoms with Crippen LogP contribution in [-0.2, 0) is 0 Å². The highest BCUT2D eigenvalue weighted by Gasteiger charge is 1.98. The van der Waals surface area contributed by atoms with Crippen LogP contribution in [0.25, 0.3) is 0 Å². The van der Waals surface area contributed by atoms with E-state index >= 15 is 0 Å². The molecule has 2 heteroatoms. The molecule has 0 unspecified atom stereocenters. The number of allylic oxidation sites excluding steroid dienone is 4. The van der Waals surface area contributed by atoms with E-state index in [4.69, 9.17) is 11.6 Å². The third-order valence-electron chi connectivity index (χ3n) is 1.02. The first kappa shape index (κ1) is 6.37. The second-order valence-electron chi connectivity index (χ2n) is 1.72. The molecule has 0 radical (unpaired) electrons. The molecule has 0 spiro atoms. The minimum absolute atomic E-state index is 0.850. The Bertz CT molecular complexity index is 147. The highest BCUT2D eigenvalue weighted by molar-refractivity contribution is 9.11. The van der Waals surface area contributed by atoms with Crippen molar-refractivity contribution >= 4 is 27.5 Å². The highest BCUT2D eigenvalue weighted by Crippen LogP contribution is 2.23. The van der Waals surface area contributed by atoms with E-state index in [1.54, 1.807) is 0 Å². The van der Waals surface area contributed by atoms with Crippen molar-refractivity contribution in [1.29, 1.82) is 0 Å². The van der Waals surface area contributed by atoms with Crippen LogP contribution in [0.3, 0.4) is 0 Å². The molecule has 0 heterocycles. The summed E-state index contributed by atoms with van der Waals surface area (Å²) < 4.78 is 1.20. The standard InChI is InChI=1S/C6H6BrCl/c7-5-2-1-3-6(8)4-5/h3-4H,1-2H2. The van der Waals surface area contributed by atoms with Gasteiger partial charge in [0.15, 0.2) is 0 Å². The molecule has 0 atom stereocenters. The molecule has 0 aromatic heterocycles. The molecular formula is C6H6BrCl. The van der Waals surface area contributed by atoms with E-state index < -0.39 is 0 Å². The van der Waals surface area contributed by atoms with Gasteiger partial charge in [-0.3, -0.25) is 0 Å². The van der Waals surface area contributed by atoms with Crippen molar-refractivity contribution in [1.82, 2.24) is 0 Å². The van der Waals surface area contributed by atoms with Crippen molar-refractivity contribution in [2.24, 2.45) is 0 Å². The molecule has 44 valence electrons. The van der Waals surface area contributed by atoms with Gasteiger partial charge in [0.25, 0.3) is 0 Å². The van der Waals surface area contributed by atoms with Gasteiger partial charge in [-0.2, -0.15) is 0 Å². The predicted molar refractivity (Wildman–Crippen MR) is 40.2 cm³/mol. The van der Waals surface area contributed by atoms with Crippen molar-refractivity contribution in [3.05, 3.63) is 21.7 Å². The average Bonchev–Trinajstić information content (AvgIpc) is 1.64. The summed E-state index contributed by atoms with van der Waals surface area (Å²) in [7, 11) is 0. The lowest BCUT2D eigenvalue weighted by atomic mass is 10.2. The van der Waals surface area contributed by atoms with Crippen LogP contribution < -0.4 is 0 Å². The first-order valence-electron chi connectivity index (χ1n) is 2.51. The first-order chi connectivity index (χ1) is 3.79. The Morgan fingerprint density at radius 3 is 2.75 bits per heavy atom. The van der Waals surface area contributed by atoms with Crippen LogP contribution in [0, 0.1) is 0 Å². The Balaban J connectivity index is 2.69. The zero-order valence-corrected chi connectivity index (χ0v) is 6.67. The molecule has 0 fully saturated rings.